The molecule has 2 heterocycles. The first-order valence-corrected chi connectivity index (χ1v) is 31.4. The lowest BCUT2D eigenvalue weighted by atomic mass is 9.86. The van der Waals surface area contributed by atoms with Crippen LogP contribution in [0.25, 0.3) is 10.4 Å². The molecule has 1 aliphatic rings. The highest BCUT2D eigenvalue weighted by atomic mass is 32.1. The minimum absolute atomic E-state index is 0.243. The molecule has 6 nitrogen and oxygen atoms in total. The van der Waals surface area contributed by atoms with Crippen molar-refractivity contribution in [3.05, 3.63) is 82.0 Å². The van der Waals surface area contributed by atoms with Gasteiger partial charge in [0, 0.05) is 21.7 Å². The Morgan fingerprint density at radius 3 is 1.90 bits per heavy atom. The second kappa shape index (κ2) is 14.7. The van der Waals surface area contributed by atoms with E-state index in [1.807, 2.05) is 18.2 Å². The summed E-state index contributed by atoms with van der Waals surface area (Å²) in [5, 5.41) is 13.0. The fraction of sp³-hybridized carbons (Fsp3) is 0.556. The van der Waals surface area contributed by atoms with Crippen LogP contribution < -0.4 is 0 Å². The van der Waals surface area contributed by atoms with Crippen LogP contribution in [0.3, 0.4) is 0 Å². The van der Waals surface area contributed by atoms with Gasteiger partial charge in [0.2, 0.25) is 5.79 Å². The first-order valence-electron chi connectivity index (χ1n) is 16.9. The minimum Gasteiger partial charge on any atom is -0.415 e. The van der Waals surface area contributed by atoms with Gasteiger partial charge in [-0.1, -0.05) is 24.3 Å². The normalized spacial score (nSPS) is 24.2. The molecule has 0 unspecified atom stereocenters. The topological polar surface area (TPSA) is 66.4 Å². The highest BCUT2D eigenvalue weighted by molar-refractivity contribution is 7.15. The first kappa shape index (κ1) is 39.5. The number of aliphatic hydroxyl groups is 1. The molecular weight excluding hydrogens is 692 g/mol. The van der Waals surface area contributed by atoms with Crippen molar-refractivity contribution < 1.29 is 31.9 Å². The number of ether oxygens (including phenoxy) is 1. The Morgan fingerprint density at radius 2 is 1.33 bits per heavy atom. The van der Waals surface area contributed by atoms with Crippen molar-refractivity contribution in [3.8, 4) is 10.4 Å². The lowest BCUT2D eigenvalue weighted by molar-refractivity contribution is -0.348. The number of benzene rings is 2. The monoisotopic (exact) mass is 748 g/mol. The molecule has 48 heavy (non-hydrogen) atoms. The van der Waals surface area contributed by atoms with Gasteiger partial charge in [-0.2, -0.15) is 0 Å². The van der Waals surface area contributed by atoms with Crippen LogP contribution in [0.4, 0.5) is 4.39 Å². The van der Waals surface area contributed by atoms with E-state index in [2.05, 4.69) is 110 Å². The predicted octanol–water partition coefficient (Wildman–Crippen LogP) is 9.51. The van der Waals surface area contributed by atoms with Gasteiger partial charge in [0.15, 0.2) is 33.3 Å². The Labute approximate surface area is 296 Å². The van der Waals surface area contributed by atoms with Crippen molar-refractivity contribution in [3.63, 3.8) is 0 Å². The van der Waals surface area contributed by atoms with Gasteiger partial charge in [-0.3, -0.25) is 0 Å². The summed E-state index contributed by atoms with van der Waals surface area (Å²) in [6.45, 7) is 28.2. The summed E-state index contributed by atoms with van der Waals surface area (Å²) >= 11 is 1.69. The minimum atomic E-state index is -2.26. The molecule has 0 amide bonds. The molecule has 266 valence electrons. The third-order valence-corrected chi connectivity index (χ3v) is 12.9. The average Bonchev–Trinajstić information content (AvgIpc) is 3.39. The molecule has 3 aromatic rings. The van der Waals surface area contributed by atoms with Gasteiger partial charge in [-0.15, -0.1) is 11.3 Å². The van der Waals surface area contributed by atoms with Crippen molar-refractivity contribution in [1.82, 2.24) is 0 Å². The van der Waals surface area contributed by atoms with E-state index >= 15 is 0 Å². The van der Waals surface area contributed by atoms with Crippen molar-refractivity contribution in [2.45, 2.75) is 122 Å². The van der Waals surface area contributed by atoms with Crippen molar-refractivity contribution >= 4 is 44.6 Å². The standard InChI is InChI=1S/C36H57FO6SSi4/c1-25-14-17-28(22-27(25)23-30-20-21-32(44-30)26-15-18-29(37)19-16-26)36(38)35(43-48(11,12)13)34(42-47(8,9)10)33(41-46(5,6)7)31(40-36)24-39-45(2,3)4/h14-22,31,33-35,38H,23-24H2,1-13H3/t31-,33-,34+,35-,36+/m1/s1. The Morgan fingerprint density at radius 1 is 0.750 bits per heavy atom. The molecule has 0 spiro atoms. The third kappa shape index (κ3) is 10.8. The number of rotatable bonds is 13. The molecular formula is C36H57FO6SSi4. The van der Waals surface area contributed by atoms with Gasteiger partial charge in [0.25, 0.3) is 0 Å². The zero-order valence-electron chi connectivity index (χ0n) is 31.2. The van der Waals surface area contributed by atoms with E-state index in [1.54, 1.807) is 11.3 Å². The number of aryl methyl sites for hydroxylation is 1. The quantitative estimate of drug-likeness (QED) is 0.176. The molecule has 12 heteroatoms. The second-order valence-electron chi connectivity index (χ2n) is 16.9. The van der Waals surface area contributed by atoms with E-state index in [-0.39, 0.29) is 5.82 Å². The SMILES string of the molecule is Cc1ccc([C@]2(O)O[C@H](CO[Si](C)(C)C)[C@@H](O[Si](C)(C)C)[C@H](O[Si](C)(C)C)[C@H]2O[Si](C)(C)C)cc1Cc1ccc(-c2ccc(F)cc2)s1. The fourth-order valence-electron chi connectivity index (χ4n) is 5.80. The van der Waals surface area contributed by atoms with Crippen LogP contribution in [0.15, 0.2) is 54.6 Å². The maximum absolute atomic E-state index is 13.5. The van der Waals surface area contributed by atoms with Crippen LogP contribution in [-0.4, -0.2) is 69.4 Å². The van der Waals surface area contributed by atoms with Gasteiger partial charge in [0.05, 0.1) is 6.61 Å². The van der Waals surface area contributed by atoms with Crippen LogP contribution in [0.2, 0.25) is 78.6 Å². The van der Waals surface area contributed by atoms with Crippen LogP contribution >= 0.6 is 11.3 Å². The van der Waals surface area contributed by atoms with Gasteiger partial charge in [0.1, 0.15) is 30.2 Å². The van der Waals surface area contributed by atoms with Crippen molar-refractivity contribution in [2.75, 3.05) is 6.61 Å². The van der Waals surface area contributed by atoms with Crippen LogP contribution in [0.5, 0.6) is 0 Å². The maximum atomic E-state index is 13.5. The third-order valence-electron chi connectivity index (χ3n) is 7.76. The molecule has 1 fully saturated rings. The Bertz CT molecular complexity index is 1520. The zero-order chi connectivity index (χ0) is 35.9. The molecule has 0 aliphatic carbocycles. The van der Waals surface area contributed by atoms with Crippen molar-refractivity contribution in [1.29, 1.82) is 0 Å². The number of hydrogen-bond acceptors (Lipinski definition) is 7. The van der Waals surface area contributed by atoms with Crippen LogP contribution in [0.1, 0.15) is 21.6 Å². The summed E-state index contributed by atoms with van der Waals surface area (Å²) in [5.41, 5.74) is 3.83. The summed E-state index contributed by atoms with van der Waals surface area (Å²) in [7, 11) is -8.49. The molecule has 1 aromatic heterocycles. The van der Waals surface area contributed by atoms with Gasteiger partial charge in [-0.25, -0.2) is 4.39 Å². The molecule has 1 N–H and O–H groups in total. The second-order valence-corrected chi connectivity index (χ2v) is 36.0. The Kier molecular flexibility index (Phi) is 12.1. The zero-order valence-corrected chi connectivity index (χ0v) is 36.0. The van der Waals surface area contributed by atoms with E-state index < -0.39 is 63.5 Å². The average molecular weight is 749 g/mol. The molecule has 0 saturated carbocycles. The maximum Gasteiger partial charge on any atom is 0.221 e. The smallest absolute Gasteiger partial charge is 0.221 e. The summed E-state index contributed by atoms with van der Waals surface area (Å²) in [5.74, 6) is -2.05. The van der Waals surface area contributed by atoms with Crippen LogP contribution in [0, 0.1) is 12.7 Å². The number of hydrogen-bond donors (Lipinski definition) is 1. The summed E-state index contributed by atoms with van der Waals surface area (Å²) < 4.78 is 47.7. The number of halogens is 1. The predicted molar refractivity (Wildman–Crippen MR) is 206 cm³/mol. The Hall–Kier alpha value is -1.30. The first-order chi connectivity index (χ1) is 21.9. The fourth-order valence-corrected chi connectivity index (χ4v) is 10.7. The summed E-state index contributed by atoms with van der Waals surface area (Å²) in [6.07, 6.45) is -1.74. The van der Waals surface area contributed by atoms with Gasteiger partial charge < -0.3 is 27.5 Å². The van der Waals surface area contributed by atoms with Gasteiger partial charge >= 0.3 is 0 Å². The summed E-state index contributed by atoms with van der Waals surface area (Å²) in [6, 6.07) is 16.9. The van der Waals surface area contributed by atoms with E-state index in [0.29, 0.717) is 18.6 Å². The van der Waals surface area contributed by atoms with E-state index in [4.69, 9.17) is 22.4 Å². The van der Waals surface area contributed by atoms with Crippen LogP contribution in [-0.2, 0) is 34.6 Å². The highest BCUT2D eigenvalue weighted by Crippen LogP contribution is 2.44. The molecule has 1 saturated heterocycles. The molecule has 0 radical (unpaired) electrons. The Balaban J connectivity index is 1.81. The lowest BCUT2D eigenvalue weighted by Gasteiger charge is -2.54. The van der Waals surface area contributed by atoms with E-state index in [1.165, 1.54) is 17.0 Å². The molecule has 5 atom stereocenters. The largest absolute Gasteiger partial charge is 0.415 e. The molecule has 4 rings (SSSR count). The number of thiophene rings is 1. The molecule has 1 aliphatic heterocycles. The van der Waals surface area contributed by atoms with Crippen molar-refractivity contribution in [2.24, 2.45) is 0 Å². The lowest BCUT2D eigenvalue weighted by Crippen LogP contribution is -2.69. The van der Waals surface area contributed by atoms with Gasteiger partial charge in [-0.05, 0) is 133 Å². The van der Waals surface area contributed by atoms with E-state index in [0.717, 1.165) is 21.6 Å². The van der Waals surface area contributed by atoms with E-state index in [9.17, 15) is 9.50 Å². The highest BCUT2D eigenvalue weighted by Gasteiger charge is 2.59. The molecule has 0 bridgehead atoms. The molecule has 2 aromatic carbocycles. The summed E-state index contributed by atoms with van der Waals surface area (Å²) in [4.78, 5) is 2.26.